The Morgan fingerprint density at radius 1 is 0.667 bits per heavy atom. The standard InChI is InChI=1S/2C13H15.C2H7Si.Cr/c2*1-2-3-6-11-9-12-7-4-5-8-13(12)10-11;1-3-2;/h2*4-5,7-10H,2-3,6H2,1H3;3H,1-2H3;/q2*-1;;+2. The molecule has 0 spiro atoms. The molecule has 4 aromatic rings. The summed E-state index contributed by atoms with van der Waals surface area (Å²) in [7, 11) is 0.750. The third-order valence-corrected chi connectivity index (χ3v) is 4.99. The number of rotatable bonds is 6. The van der Waals surface area contributed by atoms with E-state index < -0.39 is 0 Å². The van der Waals surface area contributed by atoms with E-state index in [9.17, 15) is 0 Å². The largest absolute Gasteiger partial charge is 2.00 e. The minimum atomic E-state index is 0. The van der Waals surface area contributed by atoms with Crippen LogP contribution in [0, 0.1) is 0 Å². The summed E-state index contributed by atoms with van der Waals surface area (Å²) in [5.74, 6) is 0. The second-order valence-corrected chi connectivity index (χ2v) is 8.92. The molecule has 0 aliphatic rings. The molecule has 0 aliphatic heterocycles. The Labute approximate surface area is 197 Å². The van der Waals surface area contributed by atoms with Gasteiger partial charge in [0.2, 0.25) is 0 Å². The summed E-state index contributed by atoms with van der Waals surface area (Å²) < 4.78 is 0. The number of aryl methyl sites for hydroxylation is 2. The summed E-state index contributed by atoms with van der Waals surface area (Å²) in [5, 5.41) is 5.53. The Morgan fingerprint density at radius 3 is 1.37 bits per heavy atom. The molecule has 159 valence electrons. The molecule has 0 atom stereocenters. The Balaban J connectivity index is 0.000000258. The Kier molecular flexibility index (Phi) is 13.4. The van der Waals surface area contributed by atoms with Crippen molar-refractivity contribution in [1.82, 2.24) is 0 Å². The van der Waals surface area contributed by atoms with Crippen LogP contribution in [0.3, 0.4) is 0 Å². The molecule has 0 heterocycles. The third kappa shape index (κ3) is 8.65. The van der Waals surface area contributed by atoms with Crippen molar-refractivity contribution in [3.63, 3.8) is 0 Å². The predicted octanol–water partition coefficient (Wildman–Crippen LogP) is 8.32. The molecular formula is C28H37CrSi. The maximum absolute atomic E-state index is 2.31. The fraction of sp³-hybridized carbons (Fsp3) is 0.357. The molecule has 4 aromatic carbocycles. The molecule has 1 radical (unpaired) electrons. The molecule has 4 rings (SSSR count). The monoisotopic (exact) mass is 453 g/mol. The van der Waals surface area contributed by atoms with Crippen LogP contribution < -0.4 is 0 Å². The Bertz CT molecular complexity index is 803. The molecule has 0 amide bonds. The molecule has 0 fully saturated rings. The molecule has 0 N–H and O–H groups in total. The van der Waals surface area contributed by atoms with Gasteiger partial charge in [0.15, 0.2) is 0 Å². The number of benzene rings is 2. The Morgan fingerprint density at radius 2 is 1.03 bits per heavy atom. The normalized spacial score (nSPS) is 10.0. The van der Waals surface area contributed by atoms with Gasteiger partial charge in [0, 0.05) is 9.52 Å². The second-order valence-electron chi connectivity index (χ2n) is 7.77. The van der Waals surface area contributed by atoms with Crippen LogP contribution in [0.4, 0.5) is 0 Å². The van der Waals surface area contributed by atoms with Crippen molar-refractivity contribution in [3.8, 4) is 0 Å². The summed E-state index contributed by atoms with van der Waals surface area (Å²) >= 11 is 0. The first-order chi connectivity index (χ1) is 14.2. The van der Waals surface area contributed by atoms with Crippen molar-refractivity contribution in [1.29, 1.82) is 0 Å². The quantitative estimate of drug-likeness (QED) is 0.203. The number of unbranched alkanes of at least 4 members (excludes halogenated alkanes) is 2. The van der Waals surface area contributed by atoms with Crippen molar-refractivity contribution in [2.45, 2.75) is 65.5 Å². The number of fused-ring (bicyclic) bond motifs is 2. The number of hydrogen-bond acceptors (Lipinski definition) is 0. The van der Waals surface area contributed by atoms with E-state index in [0.29, 0.717) is 0 Å². The van der Waals surface area contributed by atoms with E-state index in [1.807, 2.05) is 0 Å². The predicted molar refractivity (Wildman–Crippen MR) is 135 cm³/mol. The molecule has 0 saturated carbocycles. The summed E-state index contributed by atoms with van der Waals surface area (Å²) in [4.78, 5) is 0. The van der Waals surface area contributed by atoms with Gasteiger partial charge in [-0.15, -0.1) is 81.2 Å². The van der Waals surface area contributed by atoms with Crippen LogP contribution >= 0.6 is 0 Å². The zero-order valence-corrected chi connectivity index (χ0v) is 21.6. The van der Waals surface area contributed by atoms with Crippen molar-refractivity contribution >= 4 is 31.1 Å². The van der Waals surface area contributed by atoms with Gasteiger partial charge in [-0.25, -0.2) is 0 Å². The SMILES string of the molecule is CCCCc1cc2ccccc2[cH-]1.CCCCc1cc2ccccc2[cH-]1.C[SiH]C.[Cr+2]. The van der Waals surface area contributed by atoms with E-state index in [4.69, 9.17) is 0 Å². The third-order valence-electron chi connectivity index (χ3n) is 4.99. The summed E-state index contributed by atoms with van der Waals surface area (Å²) in [6, 6.07) is 26.4. The first kappa shape index (κ1) is 26.4. The molecular weight excluding hydrogens is 416 g/mol. The maximum Gasteiger partial charge on any atom is 2.00 e. The smallest absolute Gasteiger partial charge is 0.165 e. The minimum Gasteiger partial charge on any atom is -0.165 e. The van der Waals surface area contributed by atoms with Gasteiger partial charge in [0.05, 0.1) is 0 Å². The van der Waals surface area contributed by atoms with Crippen LogP contribution in [0.25, 0.3) is 21.5 Å². The van der Waals surface area contributed by atoms with Crippen molar-refractivity contribution in [2.75, 3.05) is 0 Å². The van der Waals surface area contributed by atoms with Gasteiger partial charge in [-0.2, -0.15) is 12.1 Å². The average molecular weight is 454 g/mol. The van der Waals surface area contributed by atoms with Crippen molar-refractivity contribution < 1.29 is 17.4 Å². The van der Waals surface area contributed by atoms with Gasteiger partial charge >= 0.3 is 17.4 Å². The topological polar surface area (TPSA) is 0 Å². The number of hydrogen-bond donors (Lipinski definition) is 0. The second kappa shape index (κ2) is 15.2. The molecule has 0 aromatic heterocycles. The van der Waals surface area contributed by atoms with Crippen LogP contribution in [0.1, 0.15) is 50.7 Å². The van der Waals surface area contributed by atoms with E-state index in [0.717, 1.165) is 9.52 Å². The van der Waals surface area contributed by atoms with E-state index in [1.165, 1.54) is 71.2 Å². The molecule has 2 heteroatoms. The molecule has 0 bridgehead atoms. The summed E-state index contributed by atoms with van der Waals surface area (Å²) in [5.41, 5.74) is 2.98. The van der Waals surface area contributed by atoms with Gasteiger partial charge in [-0.3, -0.25) is 0 Å². The van der Waals surface area contributed by atoms with Crippen LogP contribution in [0.2, 0.25) is 13.1 Å². The maximum atomic E-state index is 2.31. The van der Waals surface area contributed by atoms with E-state index >= 15 is 0 Å². The molecule has 0 aliphatic carbocycles. The van der Waals surface area contributed by atoms with Crippen LogP contribution in [-0.2, 0) is 30.2 Å². The van der Waals surface area contributed by atoms with Gasteiger partial charge in [0.1, 0.15) is 0 Å². The Hall–Kier alpha value is -1.59. The molecule has 0 nitrogen and oxygen atoms in total. The first-order valence-electron chi connectivity index (χ1n) is 11.2. The molecule has 30 heavy (non-hydrogen) atoms. The van der Waals surface area contributed by atoms with Crippen LogP contribution in [-0.4, -0.2) is 9.52 Å². The zero-order chi connectivity index (χ0) is 20.9. The van der Waals surface area contributed by atoms with Gasteiger partial charge in [0.25, 0.3) is 0 Å². The zero-order valence-electron chi connectivity index (χ0n) is 19.2. The average Bonchev–Trinajstić information content (AvgIpc) is 3.35. The fourth-order valence-corrected chi connectivity index (χ4v) is 3.48. The van der Waals surface area contributed by atoms with Gasteiger partial charge in [-0.1, -0.05) is 64.8 Å². The van der Waals surface area contributed by atoms with E-state index in [1.54, 1.807) is 0 Å². The van der Waals surface area contributed by atoms with E-state index in [2.05, 4.69) is 99.7 Å². The minimum absolute atomic E-state index is 0. The first-order valence-corrected chi connectivity index (χ1v) is 13.5. The van der Waals surface area contributed by atoms with Crippen LogP contribution in [0.5, 0.6) is 0 Å². The summed E-state index contributed by atoms with van der Waals surface area (Å²) in [6.07, 6.45) is 7.62. The van der Waals surface area contributed by atoms with Crippen molar-refractivity contribution in [2.24, 2.45) is 0 Å². The van der Waals surface area contributed by atoms with Crippen LogP contribution in [0.15, 0.2) is 72.8 Å². The molecule has 0 saturated heterocycles. The summed E-state index contributed by atoms with van der Waals surface area (Å²) in [6.45, 7) is 8.89. The van der Waals surface area contributed by atoms with Crippen molar-refractivity contribution in [3.05, 3.63) is 83.9 Å². The van der Waals surface area contributed by atoms with Gasteiger partial charge < -0.3 is 0 Å². The van der Waals surface area contributed by atoms with E-state index in [-0.39, 0.29) is 17.4 Å². The fourth-order valence-electron chi connectivity index (χ4n) is 3.48. The molecule has 0 unspecified atom stereocenters. The van der Waals surface area contributed by atoms with Gasteiger partial charge in [-0.05, 0) is 12.8 Å².